The standard InChI is InChI=1S/C33H41N3O4/c1-21(2)19-28(35-32(39)40-33(4,5)6)31(38)36(26-17-18-26)29(27-14-10-7-11-22(27)3)30(37)34-25-16-15-23-12-8-9-13-24(23)20-25/h7-16,20-21,26,28-29H,17-19H2,1-6H3,(H,34,37)(H,35,39). The maximum absolute atomic E-state index is 14.3. The molecule has 0 spiro atoms. The summed E-state index contributed by atoms with van der Waals surface area (Å²) in [7, 11) is 0. The van der Waals surface area contributed by atoms with Gasteiger partial charge in [-0.05, 0) is 86.9 Å². The van der Waals surface area contributed by atoms with E-state index in [4.69, 9.17) is 4.74 Å². The molecule has 0 heterocycles. The van der Waals surface area contributed by atoms with Gasteiger partial charge in [-0.1, -0.05) is 68.4 Å². The number of nitrogens with one attached hydrogen (secondary N) is 2. The number of benzene rings is 3. The van der Waals surface area contributed by atoms with Crippen molar-refractivity contribution in [1.82, 2.24) is 10.2 Å². The Labute approximate surface area is 237 Å². The fourth-order valence-electron chi connectivity index (χ4n) is 4.98. The zero-order chi connectivity index (χ0) is 29.0. The fourth-order valence-corrected chi connectivity index (χ4v) is 4.98. The molecule has 40 heavy (non-hydrogen) atoms. The van der Waals surface area contributed by atoms with Crippen molar-refractivity contribution >= 4 is 34.4 Å². The summed E-state index contributed by atoms with van der Waals surface area (Å²) >= 11 is 0. The second-order valence-corrected chi connectivity index (χ2v) is 12.1. The quantitative estimate of drug-likeness (QED) is 0.312. The number of aryl methyl sites for hydroxylation is 1. The van der Waals surface area contributed by atoms with Crippen LogP contribution >= 0.6 is 0 Å². The molecule has 212 valence electrons. The highest BCUT2D eigenvalue weighted by molar-refractivity contribution is 6.00. The fraction of sp³-hybridized carbons (Fsp3) is 0.424. The predicted molar refractivity (Wildman–Crippen MR) is 159 cm³/mol. The molecule has 0 aromatic heterocycles. The minimum Gasteiger partial charge on any atom is -0.444 e. The molecule has 3 aromatic rings. The van der Waals surface area contributed by atoms with E-state index in [0.29, 0.717) is 12.1 Å². The lowest BCUT2D eigenvalue weighted by Gasteiger charge is -2.35. The third kappa shape index (κ3) is 7.40. The van der Waals surface area contributed by atoms with Crippen molar-refractivity contribution in [2.75, 3.05) is 5.32 Å². The Hall–Kier alpha value is -3.87. The van der Waals surface area contributed by atoms with Crippen molar-refractivity contribution in [3.05, 3.63) is 77.9 Å². The second kappa shape index (κ2) is 12.1. The summed E-state index contributed by atoms with van der Waals surface area (Å²) in [5.41, 5.74) is 1.65. The van der Waals surface area contributed by atoms with Gasteiger partial charge in [-0.15, -0.1) is 0 Å². The first-order valence-corrected chi connectivity index (χ1v) is 14.1. The number of hydrogen-bond acceptors (Lipinski definition) is 4. The van der Waals surface area contributed by atoms with Crippen LogP contribution < -0.4 is 10.6 Å². The highest BCUT2D eigenvalue weighted by Crippen LogP contribution is 2.37. The maximum atomic E-state index is 14.3. The van der Waals surface area contributed by atoms with Crippen molar-refractivity contribution in [2.45, 2.75) is 84.5 Å². The lowest BCUT2D eigenvalue weighted by Crippen LogP contribution is -2.53. The molecule has 4 rings (SSSR count). The monoisotopic (exact) mass is 543 g/mol. The van der Waals surface area contributed by atoms with Gasteiger partial charge in [0.1, 0.15) is 17.7 Å². The zero-order valence-corrected chi connectivity index (χ0v) is 24.4. The van der Waals surface area contributed by atoms with Gasteiger partial charge in [-0.25, -0.2) is 4.79 Å². The van der Waals surface area contributed by atoms with Gasteiger partial charge < -0.3 is 20.3 Å². The first-order valence-electron chi connectivity index (χ1n) is 14.1. The largest absolute Gasteiger partial charge is 0.444 e. The number of alkyl carbamates (subject to hydrolysis) is 1. The third-order valence-electron chi connectivity index (χ3n) is 6.92. The molecule has 1 fully saturated rings. The van der Waals surface area contributed by atoms with Crippen LogP contribution in [0.5, 0.6) is 0 Å². The van der Waals surface area contributed by atoms with Crippen LogP contribution in [0.2, 0.25) is 0 Å². The molecular formula is C33H41N3O4. The van der Waals surface area contributed by atoms with Gasteiger partial charge >= 0.3 is 6.09 Å². The number of carbonyl (C=O) groups excluding carboxylic acids is 3. The van der Waals surface area contributed by atoms with Gasteiger partial charge in [-0.2, -0.15) is 0 Å². The van der Waals surface area contributed by atoms with Crippen molar-refractivity contribution in [1.29, 1.82) is 0 Å². The molecule has 3 aromatic carbocycles. The smallest absolute Gasteiger partial charge is 0.408 e. The van der Waals surface area contributed by atoms with Crippen LogP contribution in [0.25, 0.3) is 10.8 Å². The second-order valence-electron chi connectivity index (χ2n) is 12.1. The molecule has 7 nitrogen and oxygen atoms in total. The first-order chi connectivity index (χ1) is 18.9. The molecule has 2 N–H and O–H groups in total. The van der Waals surface area contributed by atoms with Gasteiger partial charge in [0.25, 0.3) is 5.91 Å². The van der Waals surface area contributed by atoms with Crippen LogP contribution in [0.15, 0.2) is 66.7 Å². The van der Waals surface area contributed by atoms with E-state index < -0.39 is 23.8 Å². The Morgan fingerprint density at radius 2 is 1.60 bits per heavy atom. The van der Waals surface area contributed by atoms with Gasteiger partial charge in [0, 0.05) is 11.7 Å². The first kappa shape index (κ1) is 29.1. The Bertz CT molecular complexity index is 1370. The zero-order valence-electron chi connectivity index (χ0n) is 24.4. The van der Waals surface area contributed by atoms with Crippen LogP contribution in [0.1, 0.15) is 71.0 Å². The van der Waals surface area contributed by atoms with Gasteiger partial charge in [-0.3, -0.25) is 9.59 Å². The van der Waals surface area contributed by atoms with E-state index in [1.54, 1.807) is 25.7 Å². The molecule has 2 unspecified atom stereocenters. The normalized spacial score (nSPS) is 14.9. The molecule has 0 radical (unpaired) electrons. The van der Waals surface area contributed by atoms with Crippen LogP contribution in [0, 0.1) is 12.8 Å². The minimum absolute atomic E-state index is 0.0884. The Kier molecular flexibility index (Phi) is 8.82. The average Bonchev–Trinajstić information content (AvgIpc) is 3.71. The number of hydrogen-bond donors (Lipinski definition) is 2. The number of nitrogens with zero attached hydrogens (tertiary/aromatic N) is 1. The molecule has 1 saturated carbocycles. The van der Waals surface area contributed by atoms with E-state index >= 15 is 0 Å². The predicted octanol–water partition coefficient (Wildman–Crippen LogP) is 6.76. The number of amides is 3. The van der Waals surface area contributed by atoms with Crippen molar-refractivity contribution < 1.29 is 19.1 Å². The lowest BCUT2D eigenvalue weighted by atomic mass is 9.96. The van der Waals surface area contributed by atoms with Crippen molar-refractivity contribution in [3.8, 4) is 0 Å². The maximum Gasteiger partial charge on any atom is 0.408 e. The van der Waals surface area contributed by atoms with E-state index in [-0.39, 0.29) is 23.8 Å². The molecule has 1 aliphatic rings. The van der Waals surface area contributed by atoms with Gasteiger partial charge in [0.2, 0.25) is 5.91 Å². The number of fused-ring (bicyclic) bond motifs is 1. The summed E-state index contributed by atoms with van der Waals surface area (Å²) < 4.78 is 5.48. The number of carbonyl (C=O) groups is 3. The highest BCUT2D eigenvalue weighted by Gasteiger charge is 2.44. The molecule has 0 bridgehead atoms. The third-order valence-corrected chi connectivity index (χ3v) is 6.92. The number of anilines is 1. The summed E-state index contributed by atoms with van der Waals surface area (Å²) in [6.07, 6.45) is 1.39. The SMILES string of the molecule is Cc1ccccc1C(C(=O)Nc1ccc2ccccc2c1)N(C(=O)C(CC(C)C)NC(=O)OC(C)(C)C)C1CC1. The van der Waals surface area contributed by atoms with Crippen LogP contribution in [-0.4, -0.2) is 40.5 Å². The summed E-state index contributed by atoms with van der Waals surface area (Å²) in [6, 6.07) is 19.7. The summed E-state index contributed by atoms with van der Waals surface area (Å²) in [5, 5.41) is 7.99. The number of rotatable bonds is 9. The summed E-state index contributed by atoms with van der Waals surface area (Å²) in [4.78, 5) is 42.9. The van der Waals surface area contributed by atoms with E-state index in [2.05, 4.69) is 10.6 Å². The Morgan fingerprint density at radius 3 is 2.23 bits per heavy atom. The molecule has 3 amide bonds. The molecular weight excluding hydrogens is 502 g/mol. The average molecular weight is 544 g/mol. The van der Waals surface area contributed by atoms with Crippen LogP contribution in [-0.2, 0) is 14.3 Å². The lowest BCUT2D eigenvalue weighted by molar-refractivity contribution is -0.141. The Morgan fingerprint density at radius 1 is 0.950 bits per heavy atom. The van der Waals surface area contributed by atoms with E-state index in [1.165, 1.54) is 0 Å². The summed E-state index contributed by atoms with van der Waals surface area (Å²) in [6.45, 7) is 11.3. The minimum atomic E-state index is -0.859. The molecule has 7 heteroatoms. The molecule has 2 atom stereocenters. The van der Waals surface area contributed by atoms with Crippen LogP contribution in [0.4, 0.5) is 10.5 Å². The van der Waals surface area contributed by atoms with Gasteiger partial charge in [0.05, 0.1) is 0 Å². The number of ether oxygens (including phenoxy) is 1. The van der Waals surface area contributed by atoms with E-state index in [1.807, 2.05) is 87.5 Å². The van der Waals surface area contributed by atoms with E-state index in [0.717, 1.165) is 34.7 Å². The molecule has 0 saturated heterocycles. The highest BCUT2D eigenvalue weighted by atomic mass is 16.6. The van der Waals surface area contributed by atoms with E-state index in [9.17, 15) is 14.4 Å². The molecule has 1 aliphatic carbocycles. The van der Waals surface area contributed by atoms with Crippen LogP contribution in [0.3, 0.4) is 0 Å². The topological polar surface area (TPSA) is 87.7 Å². The van der Waals surface area contributed by atoms with Gasteiger partial charge in [0.15, 0.2) is 0 Å². The van der Waals surface area contributed by atoms with Crippen molar-refractivity contribution in [2.24, 2.45) is 5.92 Å². The summed E-state index contributed by atoms with van der Waals surface area (Å²) in [5.74, 6) is -0.428. The van der Waals surface area contributed by atoms with Crippen molar-refractivity contribution in [3.63, 3.8) is 0 Å². The molecule has 0 aliphatic heterocycles. The Balaban J connectivity index is 1.70.